The summed E-state index contributed by atoms with van der Waals surface area (Å²) in [6, 6.07) is 6.39. The third-order valence-electron chi connectivity index (χ3n) is 2.63. The molecular weight excluding hydrogens is 357 g/mol. The first kappa shape index (κ1) is 15.1. The normalized spacial score (nSPS) is 11.6. The summed E-state index contributed by atoms with van der Waals surface area (Å²) in [5.74, 6) is -3.56. The van der Waals surface area contributed by atoms with E-state index in [-0.39, 0.29) is 9.37 Å². The summed E-state index contributed by atoms with van der Waals surface area (Å²) in [6.07, 6.45) is 0. The van der Waals surface area contributed by atoms with Gasteiger partial charge in [-0.05, 0) is 46.3 Å². The van der Waals surface area contributed by atoms with E-state index in [1.54, 1.807) is 0 Å². The van der Waals surface area contributed by atoms with Crippen molar-refractivity contribution in [2.45, 2.75) is 10.6 Å². The third kappa shape index (κ3) is 3.04. The Morgan fingerprint density at radius 3 is 2.40 bits per heavy atom. The smallest absolute Gasteiger partial charge is 0.182 e. The molecule has 0 aliphatic heterocycles. The van der Waals surface area contributed by atoms with Gasteiger partial charge in [-0.1, -0.05) is 6.07 Å². The number of sulfone groups is 1. The fraction of sp³-hybridized carbons (Fsp3) is 0.0769. The van der Waals surface area contributed by atoms with Crippen molar-refractivity contribution in [2.24, 2.45) is 0 Å². The van der Waals surface area contributed by atoms with E-state index in [4.69, 9.17) is 0 Å². The van der Waals surface area contributed by atoms with E-state index < -0.39 is 38.6 Å². The Labute approximate surface area is 122 Å². The molecule has 0 N–H and O–H groups in total. The van der Waals surface area contributed by atoms with Crippen molar-refractivity contribution in [3.05, 3.63) is 63.9 Å². The van der Waals surface area contributed by atoms with Crippen LogP contribution in [0.15, 0.2) is 45.8 Å². The fourth-order valence-electron chi connectivity index (χ4n) is 1.64. The molecule has 0 radical (unpaired) electrons. The molecular formula is C13H8BrF3O2S. The molecule has 0 atom stereocenters. The van der Waals surface area contributed by atoms with Gasteiger partial charge in [0.15, 0.2) is 9.84 Å². The zero-order chi connectivity index (χ0) is 14.9. The van der Waals surface area contributed by atoms with Crippen LogP contribution in [0.4, 0.5) is 13.2 Å². The molecule has 0 aromatic heterocycles. The van der Waals surface area contributed by atoms with E-state index in [0.717, 1.165) is 24.3 Å². The third-order valence-corrected chi connectivity index (χ3v) is 4.88. The van der Waals surface area contributed by atoms with Crippen molar-refractivity contribution in [1.29, 1.82) is 0 Å². The Hall–Kier alpha value is -1.34. The summed E-state index contributed by atoms with van der Waals surface area (Å²) in [5.41, 5.74) is -0.580. The van der Waals surface area contributed by atoms with Crippen molar-refractivity contribution in [1.82, 2.24) is 0 Å². The molecule has 2 aromatic carbocycles. The lowest BCUT2D eigenvalue weighted by atomic mass is 10.2. The van der Waals surface area contributed by atoms with Gasteiger partial charge in [-0.2, -0.15) is 0 Å². The standard InChI is InChI=1S/C13H8BrF3O2S/c14-11-4-5-12(16)10(13(11)17)7-20(18,19)9-3-1-2-8(15)6-9/h1-6H,7H2. The molecule has 0 unspecified atom stereocenters. The lowest BCUT2D eigenvalue weighted by molar-refractivity contribution is 0.552. The Morgan fingerprint density at radius 1 is 1.05 bits per heavy atom. The van der Waals surface area contributed by atoms with Crippen molar-refractivity contribution in [2.75, 3.05) is 0 Å². The molecule has 7 heteroatoms. The zero-order valence-electron chi connectivity index (χ0n) is 9.91. The van der Waals surface area contributed by atoms with Crippen LogP contribution in [0.5, 0.6) is 0 Å². The van der Waals surface area contributed by atoms with Crippen molar-refractivity contribution < 1.29 is 21.6 Å². The number of hydrogen-bond acceptors (Lipinski definition) is 2. The first-order valence-corrected chi connectivity index (χ1v) is 7.86. The molecule has 0 aliphatic rings. The van der Waals surface area contributed by atoms with E-state index in [1.165, 1.54) is 12.1 Å². The monoisotopic (exact) mass is 364 g/mol. The number of rotatable bonds is 3. The van der Waals surface area contributed by atoms with E-state index in [1.807, 2.05) is 0 Å². The molecule has 0 aliphatic carbocycles. The van der Waals surface area contributed by atoms with Gasteiger partial charge in [0.05, 0.1) is 15.1 Å². The summed E-state index contributed by atoms with van der Waals surface area (Å²) in [7, 11) is -4.04. The molecule has 0 amide bonds. The van der Waals surface area contributed by atoms with E-state index in [9.17, 15) is 21.6 Å². The lowest BCUT2D eigenvalue weighted by Gasteiger charge is -2.08. The average Bonchev–Trinajstić information content (AvgIpc) is 2.39. The van der Waals surface area contributed by atoms with E-state index >= 15 is 0 Å². The highest BCUT2D eigenvalue weighted by Gasteiger charge is 2.22. The maximum atomic E-state index is 13.8. The summed E-state index contributed by atoms with van der Waals surface area (Å²) in [4.78, 5) is -0.323. The lowest BCUT2D eigenvalue weighted by Crippen LogP contribution is -2.09. The van der Waals surface area contributed by atoms with Gasteiger partial charge in [0.2, 0.25) is 0 Å². The highest BCUT2D eigenvalue weighted by molar-refractivity contribution is 9.10. The van der Waals surface area contributed by atoms with Crippen LogP contribution < -0.4 is 0 Å². The Bertz CT molecular complexity index is 760. The van der Waals surface area contributed by atoms with Gasteiger partial charge in [0.1, 0.15) is 17.5 Å². The maximum Gasteiger partial charge on any atom is 0.182 e. The second kappa shape index (κ2) is 5.57. The van der Waals surface area contributed by atoms with Crippen molar-refractivity contribution in [3.8, 4) is 0 Å². The summed E-state index contributed by atoms with van der Waals surface area (Å²) in [6.45, 7) is 0. The molecule has 0 saturated carbocycles. The predicted molar refractivity (Wildman–Crippen MR) is 71.3 cm³/mol. The molecule has 0 spiro atoms. The molecule has 0 saturated heterocycles. The molecule has 0 bridgehead atoms. The Balaban J connectivity index is 2.47. The highest BCUT2D eigenvalue weighted by Crippen LogP contribution is 2.25. The van der Waals surface area contributed by atoms with Crippen LogP contribution in [0.25, 0.3) is 0 Å². The van der Waals surface area contributed by atoms with Gasteiger partial charge in [0.25, 0.3) is 0 Å². The summed E-state index contributed by atoms with van der Waals surface area (Å²) in [5, 5.41) is 0. The molecule has 2 aromatic rings. The van der Waals surface area contributed by atoms with Crippen LogP contribution in [-0.2, 0) is 15.6 Å². The maximum absolute atomic E-state index is 13.8. The summed E-state index contributed by atoms with van der Waals surface area (Å²) >= 11 is 2.86. The molecule has 2 rings (SSSR count). The van der Waals surface area contributed by atoms with E-state index in [2.05, 4.69) is 15.9 Å². The van der Waals surface area contributed by atoms with E-state index in [0.29, 0.717) is 0 Å². The second-order valence-electron chi connectivity index (χ2n) is 4.04. The Kier molecular flexibility index (Phi) is 4.19. The van der Waals surface area contributed by atoms with Gasteiger partial charge < -0.3 is 0 Å². The van der Waals surface area contributed by atoms with Crippen molar-refractivity contribution in [3.63, 3.8) is 0 Å². The summed E-state index contributed by atoms with van der Waals surface area (Å²) < 4.78 is 64.4. The molecule has 20 heavy (non-hydrogen) atoms. The van der Waals surface area contributed by atoms with Gasteiger partial charge in [-0.25, -0.2) is 21.6 Å². The van der Waals surface area contributed by atoms with Crippen LogP contribution in [0.1, 0.15) is 5.56 Å². The minimum atomic E-state index is -4.04. The topological polar surface area (TPSA) is 34.1 Å². The fourth-order valence-corrected chi connectivity index (χ4v) is 3.40. The minimum absolute atomic E-state index is 0.0386. The van der Waals surface area contributed by atoms with Gasteiger partial charge >= 0.3 is 0 Å². The van der Waals surface area contributed by atoms with Crippen LogP contribution >= 0.6 is 15.9 Å². The quantitative estimate of drug-likeness (QED) is 0.775. The molecule has 106 valence electrons. The predicted octanol–water partition coefficient (Wildman–Crippen LogP) is 3.84. The zero-order valence-corrected chi connectivity index (χ0v) is 12.3. The highest BCUT2D eigenvalue weighted by atomic mass is 79.9. The largest absolute Gasteiger partial charge is 0.223 e. The van der Waals surface area contributed by atoms with Gasteiger partial charge in [-0.15, -0.1) is 0 Å². The van der Waals surface area contributed by atoms with Gasteiger partial charge in [-0.3, -0.25) is 0 Å². The molecule has 2 nitrogen and oxygen atoms in total. The van der Waals surface area contributed by atoms with Crippen molar-refractivity contribution >= 4 is 25.8 Å². The molecule has 0 heterocycles. The first-order chi connectivity index (χ1) is 9.31. The SMILES string of the molecule is O=S(=O)(Cc1c(F)ccc(Br)c1F)c1cccc(F)c1. The first-order valence-electron chi connectivity index (χ1n) is 5.42. The molecule has 0 fully saturated rings. The van der Waals surface area contributed by atoms with Crippen LogP contribution in [0.2, 0.25) is 0 Å². The average molecular weight is 365 g/mol. The minimum Gasteiger partial charge on any atom is -0.223 e. The number of halogens is 4. The van der Waals surface area contributed by atoms with Gasteiger partial charge in [0, 0.05) is 5.56 Å². The Morgan fingerprint density at radius 2 is 1.75 bits per heavy atom. The van der Waals surface area contributed by atoms with Crippen LogP contribution in [0, 0.1) is 17.5 Å². The van der Waals surface area contributed by atoms with Crippen LogP contribution in [-0.4, -0.2) is 8.42 Å². The number of hydrogen-bond donors (Lipinski definition) is 0. The second-order valence-corrected chi connectivity index (χ2v) is 6.88. The van der Waals surface area contributed by atoms with Crippen LogP contribution in [0.3, 0.4) is 0 Å². The number of benzene rings is 2.